The molecule has 2 rings (SSSR count). The minimum absolute atomic E-state index is 0.259. The molecule has 0 aromatic heterocycles. The zero-order chi connectivity index (χ0) is 14.0. The van der Waals surface area contributed by atoms with Crippen molar-refractivity contribution in [1.82, 2.24) is 4.90 Å². The topological polar surface area (TPSA) is 58.7 Å². The van der Waals surface area contributed by atoms with Crippen LogP contribution in [-0.4, -0.2) is 28.9 Å². The number of urea groups is 1. The fourth-order valence-corrected chi connectivity index (χ4v) is 2.40. The Morgan fingerprint density at radius 2 is 2.11 bits per heavy atom. The van der Waals surface area contributed by atoms with Gasteiger partial charge in [0.05, 0.1) is 0 Å². The fourth-order valence-electron chi connectivity index (χ4n) is 2.40. The summed E-state index contributed by atoms with van der Waals surface area (Å²) in [5, 5.41) is 0. The molecule has 1 unspecified atom stereocenters. The molecule has 1 heterocycles. The van der Waals surface area contributed by atoms with Crippen LogP contribution in [0, 0.1) is 5.82 Å². The van der Waals surface area contributed by atoms with E-state index in [0.717, 1.165) is 6.42 Å². The lowest BCUT2D eigenvalue weighted by Gasteiger charge is -2.34. The van der Waals surface area contributed by atoms with Crippen molar-refractivity contribution < 1.29 is 9.18 Å². The molecule has 0 fully saturated rings. The van der Waals surface area contributed by atoms with Crippen LogP contribution >= 0.6 is 0 Å². The number of hydrogen-bond donors (Lipinski definition) is 1. The molecule has 5 heteroatoms. The maximum Gasteiger partial charge on any atom is 0.346 e. The minimum atomic E-state index is -0.741. The molecule has 0 bridgehead atoms. The van der Waals surface area contributed by atoms with Crippen molar-refractivity contribution in [2.45, 2.75) is 32.2 Å². The number of amides is 2. The van der Waals surface area contributed by atoms with Crippen LogP contribution < -0.4 is 5.73 Å². The van der Waals surface area contributed by atoms with Crippen LogP contribution in [0.1, 0.15) is 25.8 Å². The first kappa shape index (κ1) is 13.5. The van der Waals surface area contributed by atoms with Crippen LogP contribution in [0.3, 0.4) is 0 Å². The van der Waals surface area contributed by atoms with Crippen molar-refractivity contribution in [2.24, 2.45) is 10.7 Å². The Morgan fingerprint density at radius 3 is 2.74 bits per heavy atom. The predicted molar refractivity (Wildman–Crippen MR) is 72.5 cm³/mol. The lowest BCUT2D eigenvalue weighted by Crippen LogP contribution is -2.53. The van der Waals surface area contributed by atoms with Crippen LogP contribution in [0.25, 0.3) is 0 Å². The first-order valence-electron chi connectivity index (χ1n) is 6.38. The molecule has 1 aromatic rings. The Kier molecular flexibility index (Phi) is 3.55. The molecule has 0 aliphatic carbocycles. The summed E-state index contributed by atoms with van der Waals surface area (Å²) in [6.45, 7) is 4.37. The van der Waals surface area contributed by atoms with E-state index in [4.69, 9.17) is 5.73 Å². The second-order valence-electron chi connectivity index (χ2n) is 4.97. The highest BCUT2D eigenvalue weighted by Gasteiger charge is 2.44. The molecule has 1 aromatic carbocycles. The van der Waals surface area contributed by atoms with E-state index in [1.807, 2.05) is 13.8 Å². The molecule has 1 aliphatic heterocycles. The van der Waals surface area contributed by atoms with Crippen LogP contribution in [0.5, 0.6) is 0 Å². The average molecular weight is 263 g/mol. The summed E-state index contributed by atoms with van der Waals surface area (Å²) in [4.78, 5) is 17.3. The first-order valence-corrected chi connectivity index (χ1v) is 6.38. The smallest absolute Gasteiger partial charge is 0.346 e. The van der Waals surface area contributed by atoms with Crippen molar-refractivity contribution in [2.75, 3.05) is 6.54 Å². The largest absolute Gasteiger partial charge is 0.385 e. The Labute approximate surface area is 112 Å². The quantitative estimate of drug-likeness (QED) is 0.906. The van der Waals surface area contributed by atoms with Gasteiger partial charge in [0.15, 0.2) is 0 Å². The summed E-state index contributed by atoms with van der Waals surface area (Å²) >= 11 is 0. The van der Waals surface area contributed by atoms with Crippen LogP contribution in [0.15, 0.2) is 29.3 Å². The molecular weight excluding hydrogens is 245 g/mol. The van der Waals surface area contributed by atoms with Crippen molar-refractivity contribution >= 4 is 11.9 Å². The third-order valence-electron chi connectivity index (χ3n) is 3.53. The molecular formula is C14H18FN3O. The summed E-state index contributed by atoms with van der Waals surface area (Å²) in [5.74, 6) is -0.0264. The van der Waals surface area contributed by atoms with Gasteiger partial charge in [0, 0.05) is 13.0 Å². The van der Waals surface area contributed by atoms with E-state index in [0.29, 0.717) is 18.5 Å². The highest BCUT2D eigenvalue weighted by Crippen LogP contribution is 2.28. The molecule has 0 radical (unpaired) electrons. The Morgan fingerprint density at radius 1 is 1.42 bits per heavy atom. The molecule has 1 atom stereocenters. The second kappa shape index (κ2) is 4.99. The Hall–Kier alpha value is -1.91. The normalized spacial score (nSPS) is 22.8. The number of carbonyl (C=O) groups excluding carboxylic acids is 1. The number of carbonyl (C=O) groups is 1. The second-order valence-corrected chi connectivity index (χ2v) is 4.97. The van der Waals surface area contributed by atoms with E-state index in [1.54, 1.807) is 23.1 Å². The lowest BCUT2D eigenvalue weighted by atomic mass is 9.90. The zero-order valence-electron chi connectivity index (χ0n) is 11.2. The Balaban J connectivity index is 2.32. The molecule has 0 saturated heterocycles. The van der Waals surface area contributed by atoms with E-state index in [-0.39, 0.29) is 17.7 Å². The highest BCUT2D eigenvalue weighted by atomic mass is 19.1. The van der Waals surface area contributed by atoms with Crippen LogP contribution in [-0.2, 0) is 6.42 Å². The molecule has 0 spiro atoms. The molecule has 2 amide bonds. The van der Waals surface area contributed by atoms with Gasteiger partial charge in [0.2, 0.25) is 0 Å². The van der Waals surface area contributed by atoms with Gasteiger partial charge >= 0.3 is 6.03 Å². The number of aliphatic imine (C=N–C) groups is 1. The number of benzene rings is 1. The summed E-state index contributed by atoms with van der Waals surface area (Å²) < 4.78 is 13.8. The number of amidine groups is 1. The molecule has 1 aliphatic rings. The fraction of sp³-hybridized carbons (Fsp3) is 0.429. The van der Waals surface area contributed by atoms with Crippen molar-refractivity contribution in [1.29, 1.82) is 0 Å². The Bertz CT molecular complexity index is 529. The van der Waals surface area contributed by atoms with Crippen LogP contribution in [0.4, 0.5) is 9.18 Å². The van der Waals surface area contributed by atoms with Crippen molar-refractivity contribution in [3.8, 4) is 0 Å². The van der Waals surface area contributed by atoms with Gasteiger partial charge in [0.25, 0.3) is 0 Å². The number of rotatable bonds is 4. The number of halogens is 1. The van der Waals surface area contributed by atoms with Gasteiger partial charge in [-0.2, -0.15) is 4.99 Å². The third kappa shape index (κ3) is 2.32. The highest BCUT2D eigenvalue weighted by molar-refractivity contribution is 6.05. The summed E-state index contributed by atoms with van der Waals surface area (Å²) in [5.41, 5.74) is 5.69. The van der Waals surface area contributed by atoms with Gasteiger partial charge in [-0.05, 0) is 25.0 Å². The van der Waals surface area contributed by atoms with Gasteiger partial charge in [0.1, 0.15) is 17.2 Å². The SMILES string of the molecule is CCCN1C(=O)N=C(N)C1(C)Cc1ccccc1F. The molecule has 102 valence electrons. The molecule has 0 saturated carbocycles. The predicted octanol–water partition coefficient (Wildman–Crippen LogP) is 2.33. The number of nitrogens with zero attached hydrogens (tertiary/aromatic N) is 2. The maximum atomic E-state index is 13.8. The van der Waals surface area contributed by atoms with Crippen LogP contribution in [0.2, 0.25) is 0 Å². The van der Waals surface area contributed by atoms with Gasteiger partial charge < -0.3 is 10.6 Å². The monoisotopic (exact) mass is 263 g/mol. The van der Waals surface area contributed by atoms with E-state index in [2.05, 4.69) is 4.99 Å². The van der Waals surface area contributed by atoms with Gasteiger partial charge in [-0.25, -0.2) is 9.18 Å². The van der Waals surface area contributed by atoms with E-state index in [9.17, 15) is 9.18 Å². The standard InChI is InChI=1S/C14H18FN3O/c1-3-8-18-13(19)17-12(16)14(18,2)9-10-6-4-5-7-11(10)15/h4-7H,3,8-9H2,1-2H3,(H2,16,17,19). The van der Waals surface area contributed by atoms with E-state index in [1.165, 1.54) is 6.07 Å². The van der Waals surface area contributed by atoms with E-state index < -0.39 is 5.54 Å². The molecule has 2 N–H and O–H groups in total. The first-order chi connectivity index (χ1) is 8.99. The lowest BCUT2D eigenvalue weighted by molar-refractivity contribution is 0.177. The number of nitrogens with two attached hydrogens (primary N) is 1. The van der Waals surface area contributed by atoms with Gasteiger partial charge in [-0.3, -0.25) is 0 Å². The summed E-state index contributed by atoms with van der Waals surface area (Å²) in [6, 6.07) is 6.20. The van der Waals surface area contributed by atoms with Crippen molar-refractivity contribution in [3.05, 3.63) is 35.6 Å². The van der Waals surface area contributed by atoms with E-state index >= 15 is 0 Å². The molecule has 19 heavy (non-hydrogen) atoms. The van der Waals surface area contributed by atoms with Gasteiger partial charge in [-0.1, -0.05) is 25.1 Å². The summed E-state index contributed by atoms with van der Waals surface area (Å²) in [7, 11) is 0. The van der Waals surface area contributed by atoms with Gasteiger partial charge in [-0.15, -0.1) is 0 Å². The minimum Gasteiger partial charge on any atom is -0.385 e. The average Bonchev–Trinajstić information content (AvgIpc) is 2.57. The maximum absolute atomic E-state index is 13.8. The zero-order valence-corrected chi connectivity index (χ0v) is 11.2. The third-order valence-corrected chi connectivity index (χ3v) is 3.53. The van der Waals surface area contributed by atoms with Crippen molar-refractivity contribution in [3.63, 3.8) is 0 Å². The number of hydrogen-bond acceptors (Lipinski definition) is 2. The molecule has 4 nitrogen and oxygen atoms in total. The summed E-state index contributed by atoms with van der Waals surface area (Å²) in [6.07, 6.45) is 1.14.